The molecule has 0 aliphatic carbocycles. The third-order valence-electron chi connectivity index (χ3n) is 6.08. The first kappa shape index (κ1) is 21.5. The highest BCUT2D eigenvalue weighted by Crippen LogP contribution is 2.34. The second-order valence-electron chi connectivity index (χ2n) is 8.15. The third kappa shape index (κ3) is 4.62. The standard InChI is InChI=1S/C23H25ClFN3O3/c1-13-18-11-28(22(30)7-2-14-8-21(29)19(24)9-20(14)26)10-15(12-31-13)23(18)27-17-5-3-16(25)4-6-17/h2-9,13,15,18,23,27,29H,10-12,26H2,1H3/b7-2+. The topological polar surface area (TPSA) is 87.8 Å². The Morgan fingerprint density at radius 1 is 1.32 bits per heavy atom. The summed E-state index contributed by atoms with van der Waals surface area (Å²) in [6, 6.07) is 9.34. The Morgan fingerprint density at radius 2 is 2.06 bits per heavy atom. The van der Waals surface area contributed by atoms with E-state index >= 15 is 0 Å². The van der Waals surface area contributed by atoms with Gasteiger partial charge >= 0.3 is 0 Å². The average molecular weight is 446 g/mol. The van der Waals surface area contributed by atoms with Gasteiger partial charge in [-0.25, -0.2) is 4.39 Å². The zero-order valence-corrected chi connectivity index (χ0v) is 17.8. The molecule has 1 amide bonds. The van der Waals surface area contributed by atoms with E-state index in [0.717, 1.165) is 5.69 Å². The predicted octanol–water partition coefficient (Wildman–Crippen LogP) is 3.75. The Bertz CT molecular complexity index is 998. The molecule has 8 heteroatoms. The molecule has 4 unspecified atom stereocenters. The molecule has 2 aromatic carbocycles. The molecule has 0 aromatic heterocycles. The lowest BCUT2D eigenvalue weighted by atomic mass is 9.78. The summed E-state index contributed by atoms with van der Waals surface area (Å²) in [6.07, 6.45) is 3.04. The molecular formula is C23H25ClFN3O3. The number of aromatic hydroxyl groups is 1. The minimum absolute atomic E-state index is 0.0161. The maximum Gasteiger partial charge on any atom is 0.246 e. The molecule has 164 valence electrons. The Labute approximate surface area is 185 Å². The molecular weight excluding hydrogens is 421 g/mol. The molecule has 0 saturated carbocycles. The van der Waals surface area contributed by atoms with E-state index in [9.17, 15) is 14.3 Å². The Hall–Kier alpha value is -2.77. The van der Waals surface area contributed by atoms with E-state index in [-0.39, 0.29) is 46.5 Å². The van der Waals surface area contributed by atoms with Gasteiger partial charge < -0.3 is 25.8 Å². The molecule has 0 radical (unpaired) electrons. The number of nitrogens with one attached hydrogen (secondary N) is 1. The van der Waals surface area contributed by atoms with Gasteiger partial charge in [0.25, 0.3) is 0 Å². The number of anilines is 2. The summed E-state index contributed by atoms with van der Waals surface area (Å²) in [5, 5.41) is 13.5. The highest BCUT2D eigenvalue weighted by atomic mass is 35.5. The van der Waals surface area contributed by atoms with Gasteiger partial charge in [-0.1, -0.05) is 11.6 Å². The van der Waals surface area contributed by atoms with Crippen molar-refractivity contribution in [2.75, 3.05) is 30.7 Å². The minimum atomic E-state index is -0.274. The van der Waals surface area contributed by atoms with E-state index < -0.39 is 0 Å². The van der Waals surface area contributed by atoms with E-state index in [0.29, 0.717) is 30.9 Å². The van der Waals surface area contributed by atoms with Crippen LogP contribution < -0.4 is 11.1 Å². The average Bonchev–Trinajstić information content (AvgIpc) is 2.74. The number of benzene rings is 2. The quantitative estimate of drug-likeness (QED) is 0.379. The molecule has 2 heterocycles. The fourth-order valence-corrected chi connectivity index (χ4v) is 4.50. The smallest absolute Gasteiger partial charge is 0.246 e. The van der Waals surface area contributed by atoms with Crippen LogP contribution in [0.5, 0.6) is 5.75 Å². The van der Waals surface area contributed by atoms with Crippen molar-refractivity contribution in [1.82, 2.24) is 4.90 Å². The summed E-state index contributed by atoms with van der Waals surface area (Å²) in [5.41, 5.74) is 7.69. The number of rotatable bonds is 4. The number of ether oxygens (including phenoxy) is 1. The van der Waals surface area contributed by atoms with Crippen molar-refractivity contribution < 1.29 is 19.0 Å². The van der Waals surface area contributed by atoms with Gasteiger partial charge in [0.1, 0.15) is 11.6 Å². The number of fused-ring (bicyclic) bond motifs is 2. The largest absolute Gasteiger partial charge is 0.506 e. The molecule has 2 fully saturated rings. The highest BCUT2D eigenvalue weighted by Gasteiger charge is 2.44. The number of nitrogens with two attached hydrogens (primary N) is 1. The van der Waals surface area contributed by atoms with Crippen molar-refractivity contribution in [1.29, 1.82) is 0 Å². The number of amides is 1. The third-order valence-corrected chi connectivity index (χ3v) is 6.38. The summed E-state index contributed by atoms with van der Waals surface area (Å²) in [5.74, 6) is -0.278. The van der Waals surface area contributed by atoms with Crippen LogP contribution in [0, 0.1) is 17.7 Å². The summed E-state index contributed by atoms with van der Waals surface area (Å²) in [7, 11) is 0. The molecule has 2 aliphatic rings. The lowest BCUT2D eigenvalue weighted by Gasteiger charge is -2.50. The van der Waals surface area contributed by atoms with Crippen LogP contribution in [0.1, 0.15) is 12.5 Å². The van der Waals surface area contributed by atoms with Crippen LogP contribution in [0.15, 0.2) is 42.5 Å². The Balaban J connectivity index is 1.47. The summed E-state index contributed by atoms with van der Waals surface area (Å²) >= 11 is 5.85. The van der Waals surface area contributed by atoms with Crippen LogP contribution in [0.2, 0.25) is 5.02 Å². The lowest BCUT2D eigenvalue weighted by Crippen LogP contribution is -2.61. The fourth-order valence-electron chi connectivity index (χ4n) is 4.33. The number of likely N-dealkylation sites (tertiary alicyclic amines) is 1. The monoisotopic (exact) mass is 445 g/mol. The van der Waals surface area contributed by atoms with E-state index in [1.165, 1.54) is 30.3 Å². The molecule has 2 bridgehead atoms. The number of nitrogen functional groups attached to an aromatic ring is 1. The molecule has 4 rings (SSSR count). The van der Waals surface area contributed by atoms with Crippen LogP contribution in [0.4, 0.5) is 15.8 Å². The van der Waals surface area contributed by atoms with Gasteiger partial charge in [0.15, 0.2) is 0 Å². The van der Waals surface area contributed by atoms with E-state index in [1.807, 2.05) is 11.8 Å². The summed E-state index contributed by atoms with van der Waals surface area (Å²) in [4.78, 5) is 14.7. The molecule has 2 aliphatic heterocycles. The van der Waals surface area contributed by atoms with Crippen LogP contribution >= 0.6 is 11.6 Å². The molecule has 31 heavy (non-hydrogen) atoms. The molecule has 0 spiro atoms. The number of phenolic OH excluding ortho intramolecular Hbond substituents is 1. The van der Waals surface area contributed by atoms with Gasteiger partial charge in [-0.3, -0.25) is 4.79 Å². The van der Waals surface area contributed by atoms with Gasteiger partial charge in [-0.05, 0) is 49.4 Å². The number of piperidine rings is 1. The molecule has 2 aromatic rings. The first-order chi connectivity index (χ1) is 14.8. The second-order valence-corrected chi connectivity index (χ2v) is 8.56. The van der Waals surface area contributed by atoms with E-state index in [4.69, 9.17) is 22.1 Å². The van der Waals surface area contributed by atoms with Crippen LogP contribution in [0.3, 0.4) is 0 Å². The number of carbonyl (C=O) groups excluding carboxylic acids is 1. The van der Waals surface area contributed by atoms with Crippen molar-refractivity contribution in [3.8, 4) is 5.75 Å². The zero-order valence-electron chi connectivity index (χ0n) is 17.1. The number of carbonyl (C=O) groups is 1. The highest BCUT2D eigenvalue weighted by molar-refractivity contribution is 6.32. The predicted molar refractivity (Wildman–Crippen MR) is 119 cm³/mol. The first-order valence-corrected chi connectivity index (χ1v) is 10.6. The SMILES string of the molecule is CC1OCC2CN(C(=O)/C=C/c3cc(O)c(Cl)cc3N)CC1C2Nc1ccc(F)cc1. The normalized spacial score (nSPS) is 25.6. The summed E-state index contributed by atoms with van der Waals surface area (Å²) in [6.45, 7) is 3.65. The van der Waals surface area contributed by atoms with Crippen LogP contribution in [-0.4, -0.2) is 47.8 Å². The van der Waals surface area contributed by atoms with Crippen molar-refractivity contribution in [2.45, 2.75) is 19.1 Å². The van der Waals surface area contributed by atoms with Gasteiger partial charge in [-0.2, -0.15) is 0 Å². The minimum Gasteiger partial charge on any atom is -0.506 e. The van der Waals surface area contributed by atoms with Crippen LogP contribution in [0.25, 0.3) is 6.08 Å². The molecule has 4 N–H and O–H groups in total. The van der Waals surface area contributed by atoms with Crippen molar-refractivity contribution in [3.05, 3.63) is 58.9 Å². The Morgan fingerprint density at radius 3 is 2.81 bits per heavy atom. The number of nitrogens with zero attached hydrogens (tertiary/aromatic N) is 1. The number of phenols is 1. The van der Waals surface area contributed by atoms with Gasteiger partial charge in [0, 0.05) is 54.0 Å². The summed E-state index contributed by atoms with van der Waals surface area (Å²) < 4.78 is 19.2. The fraction of sp³-hybridized carbons (Fsp3) is 0.348. The van der Waals surface area contributed by atoms with Gasteiger partial charge in [0.05, 0.1) is 17.7 Å². The van der Waals surface area contributed by atoms with Crippen molar-refractivity contribution >= 4 is 35.0 Å². The maximum atomic E-state index is 13.2. The second kappa shape index (κ2) is 8.77. The zero-order chi connectivity index (χ0) is 22.1. The van der Waals surface area contributed by atoms with Gasteiger partial charge in [-0.15, -0.1) is 0 Å². The van der Waals surface area contributed by atoms with Crippen molar-refractivity contribution in [3.63, 3.8) is 0 Å². The van der Waals surface area contributed by atoms with Gasteiger partial charge in [0.2, 0.25) is 5.91 Å². The van der Waals surface area contributed by atoms with E-state index in [1.54, 1.807) is 18.2 Å². The maximum absolute atomic E-state index is 13.2. The van der Waals surface area contributed by atoms with Crippen molar-refractivity contribution in [2.24, 2.45) is 11.8 Å². The molecule has 6 nitrogen and oxygen atoms in total. The van der Waals surface area contributed by atoms with Crippen LogP contribution in [-0.2, 0) is 9.53 Å². The lowest BCUT2D eigenvalue weighted by molar-refractivity contribution is -0.139. The molecule has 4 atom stereocenters. The Kier molecular flexibility index (Phi) is 6.07. The number of halogens is 2. The number of hydrogen-bond acceptors (Lipinski definition) is 5. The molecule has 2 saturated heterocycles. The van der Waals surface area contributed by atoms with E-state index in [2.05, 4.69) is 5.32 Å². The first-order valence-electron chi connectivity index (χ1n) is 10.2. The number of hydrogen-bond donors (Lipinski definition) is 3.